The minimum atomic E-state index is -2.78. The summed E-state index contributed by atoms with van der Waals surface area (Å²) in [4.78, 5) is 0. The Morgan fingerprint density at radius 1 is 1.33 bits per heavy atom. The topological polar surface area (TPSA) is 30.5 Å². The Bertz CT molecular complexity index is 364. The van der Waals surface area contributed by atoms with E-state index in [1.807, 2.05) is 0 Å². The number of hydrogen-bond acceptors (Lipinski definition) is 3. The van der Waals surface area contributed by atoms with Gasteiger partial charge in [-0.25, -0.2) is 0 Å². The summed E-state index contributed by atoms with van der Waals surface area (Å²) in [5, 5.41) is 3.34. The van der Waals surface area contributed by atoms with Crippen molar-refractivity contribution < 1.29 is 18.3 Å². The highest BCUT2D eigenvalue weighted by Gasteiger charge is 2.21. The van der Waals surface area contributed by atoms with E-state index in [0.29, 0.717) is 12.0 Å². The second-order valence-electron chi connectivity index (χ2n) is 4.46. The van der Waals surface area contributed by atoms with Crippen LogP contribution in [-0.4, -0.2) is 25.9 Å². The normalized spacial score (nSPS) is 21.0. The van der Waals surface area contributed by atoms with Gasteiger partial charge in [0.2, 0.25) is 0 Å². The van der Waals surface area contributed by atoms with Gasteiger partial charge in [-0.15, -0.1) is 0 Å². The van der Waals surface area contributed by atoms with E-state index in [-0.39, 0.29) is 5.75 Å². The highest BCUT2D eigenvalue weighted by molar-refractivity contribution is 5.47. The van der Waals surface area contributed by atoms with E-state index in [9.17, 15) is 8.78 Å². The average molecular weight is 257 g/mol. The fourth-order valence-corrected chi connectivity index (χ4v) is 2.06. The second kappa shape index (κ2) is 6.00. The summed E-state index contributed by atoms with van der Waals surface area (Å²) in [6.45, 7) is 0.917. The van der Waals surface area contributed by atoms with Gasteiger partial charge in [0.05, 0.1) is 6.61 Å². The maximum absolute atomic E-state index is 12.0. The predicted molar refractivity (Wildman–Crippen MR) is 65.1 cm³/mol. The molecule has 0 bridgehead atoms. The summed E-state index contributed by atoms with van der Waals surface area (Å²) in [6, 6.07) is 6.85. The standard InChI is InChI=1S/C13H17F2NO2/c1-9(10-6-7-17-8-10)16-11-2-4-12(5-3-11)18-13(14)15/h2-5,9-10,13,16H,6-8H2,1H3. The Kier molecular flexibility index (Phi) is 4.36. The van der Waals surface area contributed by atoms with Crippen molar-refractivity contribution in [2.45, 2.75) is 26.0 Å². The lowest BCUT2D eigenvalue weighted by molar-refractivity contribution is -0.0498. The molecule has 1 N–H and O–H groups in total. The average Bonchev–Trinajstić information content (AvgIpc) is 2.84. The molecule has 18 heavy (non-hydrogen) atoms. The Morgan fingerprint density at radius 3 is 2.61 bits per heavy atom. The number of ether oxygens (including phenoxy) is 2. The molecule has 5 heteroatoms. The molecule has 1 aromatic carbocycles. The van der Waals surface area contributed by atoms with Crippen LogP contribution in [0.3, 0.4) is 0 Å². The highest BCUT2D eigenvalue weighted by atomic mass is 19.3. The molecule has 0 spiro atoms. The van der Waals surface area contributed by atoms with E-state index in [1.165, 1.54) is 12.1 Å². The Balaban J connectivity index is 1.89. The molecule has 0 saturated carbocycles. The number of rotatable bonds is 5. The smallest absolute Gasteiger partial charge is 0.387 e. The third-order valence-electron chi connectivity index (χ3n) is 3.15. The fraction of sp³-hybridized carbons (Fsp3) is 0.538. The first-order valence-corrected chi connectivity index (χ1v) is 6.04. The number of benzene rings is 1. The molecule has 2 atom stereocenters. The number of nitrogens with one attached hydrogen (secondary N) is 1. The molecule has 1 aliphatic heterocycles. The largest absolute Gasteiger partial charge is 0.435 e. The van der Waals surface area contributed by atoms with E-state index < -0.39 is 6.61 Å². The molecule has 1 aromatic rings. The van der Waals surface area contributed by atoms with Crippen LogP contribution < -0.4 is 10.1 Å². The van der Waals surface area contributed by atoms with Crippen LogP contribution in [0.1, 0.15) is 13.3 Å². The first-order valence-electron chi connectivity index (χ1n) is 6.04. The van der Waals surface area contributed by atoms with Gasteiger partial charge in [0.1, 0.15) is 5.75 Å². The molecule has 2 unspecified atom stereocenters. The van der Waals surface area contributed by atoms with Crippen LogP contribution in [0.5, 0.6) is 5.75 Å². The van der Waals surface area contributed by atoms with E-state index in [4.69, 9.17) is 4.74 Å². The van der Waals surface area contributed by atoms with Crippen LogP contribution in [-0.2, 0) is 4.74 Å². The van der Waals surface area contributed by atoms with Gasteiger partial charge in [-0.05, 0) is 37.6 Å². The van der Waals surface area contributed by atoms with Crippen molar-refractivity contribution in [3.05, 3.63) is 24.3 Å². The lowest BCUT2D eigenvalue weighted by atomic mass is 10.0. The third kappa shape index (κ3) is 3.57. The zero-order valence-electron chi connectivity index (χ0n) is 10.2. The van der Waals surface area contributed by atoms with Crippen molar-refractivity contribution >= 4 is 5.69 Å². The number of halogens is 2. The van der Waals surface area contributed by atoms with Gasteiger partial charge < -0.3 is 14.8 Å². The summed E-state index contributed by atoms with van der Waals surface area (Å²) >= 11 is 0. The van der Waals surface area contributed by atoms with Crippen LogP contribution in [0.15, 0.2) is 24.3 Å². The lowest BCUT2D eigenvalue weighted by Gasteiger charge is -2.20. The van der Waals surface area contributed by atoms with Crippen molar-refractivity contribution in [3.8, 4) is 5.75 Å². The number of hydrogen-bond donors (Lipinski definition) is 1. The summed E-state index contributed by atoms with van der Waals surface area (Å²) in [7, 11) is 0. The summed E-state index contributed by atoms with van der Waals surface area (Å²) < 4.78 is 33.6. The fourth-order valence-electron chi connectivity index (χ4n) is 2.06. The molecule has 0 radical (unpaired) electrons. The van der Waals surface area contributed by atoms with Crippen molar-refractivity contribution in [1.82, 2.24) is 0 Å². The first-order chi connectivity index (χ1) is 8.65. The van der Waals surface area contributed by atoms with Crippen LogP contribution in [0, 0.1) is 5.92 Å². The Morgan fingerprint density at radius 2 is 2.06 bits per heavy atom. The van der Waals surface area contributed by atoms with E-state index in [2.05, 4.69) is 17.0 Å². The molecular formula is C13H17F2NO2. The van der Waals surface area contributed by atoms with Crippen molar-refractivity contribution in [2.75, 3.05) is 18.5 Å². The lowest BCUT2D eigenvalue weighted by Crippen LogP contribution is -2.26. The highest BCUT2D eigenvalue weighted by Crippen LogP contribution is 2.22. The van der Waals surface area contributed by atoms with Gasteiger partial charge in [0.15, 0.2) is 0 Å². The van der Waals surface area contributed by atoms with E-state index in [1.54, 1.807) is 12.1 Å². The molecule has 1 aliphatic rings. The first kappa shape index (κ1) is 13.1. The van der Waals surface area contributed by atoms with Crippen LogP contribution in [0.2, 0.25) is 0 Å². The van der Waals surface area contributed by atoms with Gasteiger partial charge in [0.25, 0.3) is 0 Å². The van der Waals surface area contributed by atoms with Gasteiger partial charge in [-0.2, -0.15) is 8.78 Å². The monoisotopic (exact) mass is 257 g/mol. The van der Waals surface area contributed by atoms with Gasteiger partial charge in [-0.3, -0.25) is 0 Å². The van der Waals surface area contributed by atoms with E-state index in [0.717, 1.165) is 25.3 Å². The quantitative estimate of drug-likeness (QED) is 0.879. The van der Waals surface area contributed by atoms with Crippen molar-refractivity contribution in [1.29, 1.82) is 0 Å². The van der Waals surface area contributed by atoms with Gasteiger partial charge in [-0.1, -0.05) is 0 Å². The molecule has 3 nitrogen and oxygen atoms in total. The van der Waals surface area contributed by atoms with Crippen LogP contribution in [0.4, 0.5) is 14.5 Å². The van der Waals surface area contributed by atoms with Gasteiger partial charge in [0, 0.05) is 24.3 Å². The summed E-state index contributed by atoms with van der Waals surface area (Å²) in [5.74, 6) is 0.675. The Labute approximate surface area is 105 Å². The summed E-state index contributed by atoms with van der Waals surface area (Å²) in [6.07, 6.45) is 1.06. The molecule has 1 saturated heterocycles. The molecule has 0 aromatic heterocycles. The zero-order chi connectivity index (χ0) is 13.0. The van der Waals surface area contributed by atoms with E-state index >= 15 is 0 Å². The zero-order valence-corrected chi connectivity index (χ0v) is 10.2. The predicted octanol–water partition coefficient (Wildman–Crippen LogP) is 3.12. The molecule has 2 rings (SSSR count). The molecular weight excluding hydrogens is 240 g/mol. The minimum Gasteiger partial charge on any atom is -0.435 e. The molecule has 0 aliphatic carbocycles. The van der Waals surface area contributed by atoms with Gasteiger partial charge >= 0.3 is 6.61 Å². The number of anilines is 1. The SMILES string of the molecule is CC(Nc1ccc(OC(F)F)cc1)C1CCOC1. The van der Waals surface area contributed by atoms with Crippen LogP contribution >= 0.6 is 0 Å². The second-order valence-corrected chi connectivity index (χ2v) is 4.46. The minimum absolute atomic E-state index is 0.174. The Hall–Kier alpha value is -1.36. The maximum Gasteiger partial charge on any atom is 0.387 e. The molecule has 0 amide bonds. The number of alkyl halides is 2. The van der Waals surface area contributed by atoms with Crippen molar-refractivity contribution in [2.24, 2.45) is 5.92 Å². The molecule has 1 fully saturated rings. The molecule has 100 valence electrons. The summed E-state index contributed by atoms with van der Waals surface area (Å²) in [5.41, 5.74) is 0.899. The third-order valence-corrected chi connectivity index (χ3v) is 3.15. The van der Waals surface area contributed by atoms with Crippen LogP contribution in [0.25, 0.3) is 0 Å². The maximum atomic E-state index is 12.0. The molecule has 1 heterocycles. The van der Waals surface area contributed by atoms with Crippen molar-refractivity contribution in [3.63, 3.8) is 0 Å².